The molecule has 0 aromatic carbocycles. The number of nitrogens with zero attached hydrogens (tertiary/aromatic N) is 3. The van der Waals surface area contributed by atoms with Crippen molar-refractivity contribution in [1.29, 1.82) is 5.26 Å². The van der Waals surface area contributed by atoms with E-state index in [4.69, 9.17) is 21.6 Å². The second-order valence-corrected chi connectivity index (χ2v) is 4.65. The topological polar surface area (TPSA) is 78.2 Å². The van der Waals surface area contributed by atoms with Gasteiger partial charge in [0.05, 0.1) is 11.6 Å². The highest BCUT2D eigenvalue weighted by Gasteiger charge is 2.23. The highest BCUT2D eigenvalue weighted by Crippen LogP contribution is 2.16. The number of ether oxygens (including phenoxy) is 1. The Morgan fingerprint density at radius 1 is 1.68 bits per heavy atom. The van der Waals surface area contributed by atoms with E-state index >= 15 is 0 Å². The SMILES string of the molecule is CC(CN1CCOC1=O)Nc1ccc(Cl)c(C#N)n1. The van der Waals surface area contributed by atoms with Crippen LogP contribution in [0.5, 0.6) is 0 Å². The number of pyridine rings is 1. The predicted molar refractivity (Wildman–Crippen MR) is 70.0 cm³/mol. The van der Waals surface area contributed by atoms with Crippen LogP contribution in [0.3, 0.4) is 0 Å². The molecule has 1 aromatic heterocycles. The van der Waals surface area contributed by atoms with Crippen LogP contribution in [-0.4, -0.2) is 41.7 Å². The van der Waals surface area contributed by atoms with Gasteiger partial charge in [0, 0.05) is 12.6 Å². The van der Waals surface area contributed by atoms with E-state index in [-0.39, 0.29) is 17.8 Å². The second kappa shape index (κ2) is 5.76. The van der Waals surface area contributed by atoms with Crippen LogP contribution in [0.25, 0.3) is 0 Å². The summed E-state index contributed by atoms with van der Waals surface area (Å²) < 4.78 is 4.85. The Hall–Kier alpha value is -2.00. The smallest absolute Gasteiger partial charge is 0.410 e. The first kappa shape index (κ1) is 13.4. The number of halogens is 1. The summed E-state index contributed by atoms with van der Waals surface area (Å²) in [6.45, 7) is 3.48. The van der Waals surface area contributed by atoms with Gasteiger partial charge in [0.15, 0.2) is 5.69 Å². The monoisotopic (exact) mass is 280 g/mol. The number of anilines is 1. The number of hydrogen-bond acceptors (Lipinski definition) is 5. The summed E-state index contributed by atoms with van der Waals surface area (Å²) in [5.74, 6) is 0.556. The van der Waals surface area contributed by atoms with Crippen molar-refractivity contribution in [3.05, 3.63) is 22.8 Å². The summed E-state index contributed by atoms with van der Waals surface area (Å²) in [5, 5.41) is 12.3. The van der Waals surface area contributed by atoms with E-state index in [1.165, 1.54) is 0 Å². The first-order valence-electron chi connectivity index (χ1n) is 5.85. The molecule has 100 valence electrons. The number of carbonyl (C=O) groups excluding carboxylic acids is 1. The lowest BCUT2D eigenvalue weighted by atomic mass is 10.3. The minimum atomic E-state index is -0.296. The molecule has 1 amide bonds. The fraction of sp³-hybridized carbons (Fsp3) is 0.417. The molecule has 19 heavy (non-hydrogen) atoms. The Balaban J connectivity index is 1.97. The number of aromatic nitrogens is 1. The molecule has 7 heteroatoms. The van der Waals surface area contributed by atoms with E-state index in [0.29, 0.717) is 30.5 Å². The molecule has 1 aliphatic heterocycles. The van der Waals surface area contributed by atoms with Crippen LogP contribution in [0, 0.1) is 11.3 Å². The van der Waals surface area contributed by atoms with Crippen LogP contribution in [-0.2, 0) is 4.74 Å². The number of amides is 1. The highest BCUT2D eigenvalue weighted by molar-refractivity contribution is 6.31. The molecule has 1 saturated heterocycles. The van der Waals surface area contributed by atoms with E-state index in [1.54, 1.807) is 17.0 Å². The summed E-state index contributed by atoms with van der Waals surface area (Å²) in [6.07, 6.45) is -0.296. The minimum absolute atomic E-state index is 0.00846. The van der Waals surface area contributed by atoms with E-state index in [1.807, 2.05) is 13.0 Å². The van der Waals surface area contributed by atoms with Crippen LogP contribution >= 0.6 is 11.6 Å². The molecule has 1 atom stereocenters. The fourth-order valence-corrected chi connectivity index (χ4v) is 1.97. The zero-order valence-corrected chi connectivity index (χ0v) is 11.1. The van der Waals surface area contributed by atoms with E-state index in [9.17, 15) is 4.79 Å². The average Bonchev–Trinajstić information content (AvgIpc) is 2.77. The van der Waals surface area contributed by atoms with Crippen molar-refractivity contribution in [3.63, 3.8) is 0 Å². The molecule has 1 aliphatic rings. The van der Waals surface area contributed by atoms with Gasteiger partial charge >= 0.3 is 6.09 Å². The lowest BCUT2D eigenvalue weighted by molar-refractivity contribution is 0.158. The van der Waals surface area contributed by atoms with Crippen LogP contribution in [0.4, 0.5) is 10.6 Å². The van der Waals surface area contributed by atoms with Crippen LogP contribution in [0.2, 0.25) is 5.02 Å². The summed E-state index contributed by atoms with van der Waals surface area (Å²) in [5.41, 5.74) is 0.180. The standard InChI is InChI=1S/C12H13ClN4O2/c1-8(7-17-4-5-19-12(17)18)15-11-3-2-9(13)10(6-14)16-11/h2-3,8H,4-5,7H2,1H3,(H,15,16). The molecule has 2 heterocycles. The van der Waals surface area contributed by atoms with Gasteiger partial charge < -0.3 is 15.0 Å². The quantitative estimate of drug-likeness (QED) is 0.911. The molecule has 6 nitrogen and oxygen atoms in total. The van der Waals surface area contributed by atoms with Gasteiger partial charge in [-0.05, 0) is 19.1 Å². The number of rotatable bonds is 4. The van der Waals surface area contributed by atoms with Crippen molar-refractivity contribution in [3.8, 4) is 6.07 Å². The number of nitrogens with one attached hydrogen (secondary N) is 1. The maximum absolute atomic E-state index is 11.3. The van der Waals surface area contributed by atoms with Gasteiger partial charge in [0.1, 0.15) is 18.5 Å². The highest BCUT2D eigenvalue weighted by atomic mass is 35.5. The molecule has 0 spiro atoms. The van der Waals surface area contributed by atoms with Crippen LogP contribution in [0.15, 0.2) is 12.1 Å². The Bertz CT molecular complexity index is 529. The predicted octanol–water partition coefficient (Wildman–Crippen LogP) is 1.86. The lowest BCUT2D eigenvalue weighted by Crippen LogP contribution is -2.35. The number of hydrogen-bond donors (Lipinski definition) is 1. The Morgan fingerprint density at radius 3 is 3.11 bits per heavy atom. The average molecular weight is 281 g/mol. The minimum Gasteiger partial charge on any atom is -0.448 e. The summed E-state index contributed by atoms with van der Waals surface area (Å²) in [7, 11) is 0. The molecule has 1 fully saturated rings. The zero-order chi connectivity index (χ0) is 13.8. The zero-order valence-electron chi connectivity index (χ0n) is 10.4. The molecular formula is C12H13ClN4O2. The Labute approximate surface area is 115 Å². The Morgan fingerprint density at radius 2 is 2.47 bits per heavy atom. The van der Waals surface area contributed by atoms with Gasteiger partial charge in [-0.25, -0.2) is 9.78 Å². The van der Waals surface area contributed by atoms with Gasteiger partial charge in [-0.1, -0.05) is 11.6 Å². The first-order valence-corrected chi connectivity index (χ1v) is 6.23. The van der Waals surface area contributed by atoms with E-state index < -0.39 is 0 Å². The Kier molecular flexibility index (Phi) is 4.07. The van der Waals surface area contributed by atoms with Crippen molar-refractivity contribution < 1.29 is 9.53 Å². The molecular weight excluding hydrogens is 268 g/mol. The molecule has 1 unspecified atom stereocenters. The first-order chi connectivity index (χ1) is 9.10. The maximum Gasteiger partial charge on any atom is 0.410 e. The summed E-state index contributed by atoms with van der Waals surface area (Å²) in [6, 6.07) is 5.23. The van der Waals surface area contributed by atoms with Crippen LogP contribution in [0.1, 0.15) is 12.6 Å². The van der Waals surface area contributed by atoms with Crippen molar-refractivity contribution >= 4 is 23.5 Å². The van der Waals surface area contributed by atoms with Gasteiger partial charge in [0.2, 0.25) is 0 Å². The third-order valence-electron chi connectivity index (χ3n) is 2.69. The van der Waals surface area contributed by atoms with Crippen molar-refractivity contribution in [2.45, 2.75) is 13.0 Å². The van der Waals surface area contributed by atoms with E-state index in [2.05, 4.69) is 10.3 Å². The van der Waals surface area contributed by atoms with Gasteiger partial charge in [-0.3, -0.25) is 0 Å². The molecule has 0 saturated carbocycles. The maximum atomic E-state index is 11.3. The number of carbonyl (C=O) groups is 1. The van der Waals surface area contributed by atoms with Crippen LogP contribution < -0.4 is 5.32 Å². The molecule has 1 N–H and O–H groups in total. The molecule has 0 radical (unpaired) electrons. The largest absolute Gasteiger partial charge is 0.448 e. The molecule has 0 bridgehead atoms. The molecule has 2 rings (SSSR count). The lowest BCUT2D eigenvalue weighted by Gasteiger charge is -2.20. The number of nitriles is 1. The van der Waals surface area contributed by atoms with Gasteiger partial charge in [-0.2, -0.15) is 5.26 Å². The second-order valence-electron chi connectivity index (χ2n) is 4.24. The van der Waals surface area contributed by atoms with Crippen molar-refractivity contribution in [1.82, 2.24) is 9.88 Å². The van der Waals surface area contributed by atoms with Crippen molar-refractivity contribution in [2.24, 2.45) is 0 Å². The van der Waals surface area contributed by atoms with E-state index in [0.717, 1.165) is 0 Å². The van der Waals surface area contributed by atoms with Gasteiger partial charge in [-0.15, -0.1) is 0 Å². The van der Waals surface area contributed by atoms with Crippen molar-refractivity contribution in [2.75, 3.05) is 25.0 Å². The van der Waals surface area contributed by atoms with Gasteiger partial charge in [0.25, 0.3) is 0 Å². The molecule has 1 aromatic rings. The third kappa shape index (κ3) is 3.26. The normalized spacial score (nSPS) is 15.8. The number of cyclic esters (lactones) is 1. The summed E-state index contributed by atoms with van der Waals surface area (Å²) >= 11 is 5.81. The molecule has 0 aliphatic carbocycles. The third-order valence-corrected chi connectivity index (χ3v) is 2.99. The summed E-state index contributed by atoms with van der Waals surface area (Å²) in [4.78, 5) is 17.0. The fourth-order valence-electron chi connectivity index (χ4n) is 1.82.